The lowest BCUT2D eigenvalue weighted by Crippen LogP contribution is -2.44. The number of ether oxygens (including phenoxy) is 2. The van der Waals surface area contributed by atoms with Crippen LogP contribution in [-0.4, -0.2) is 50.3 Å². The first-order chi connectivity index (χ1) is 16.0. The van der Waals surface area contributed by atoms with Gasteiger partial charge >= 0.3 is 0 Å². The minimum Gasteiger partial charge on any atom is -0.494 e. The largest absolute Gasteiger partial charge is 0.494 e. The van der Waals surface area contributed by atoms with Crippen molar-refractivity contribution in [2.24, 2.45) is 5.92 Å². The van der Waals surface area contributed by atoms with Crippen molar-refractivity contribution in [2.45, 2.75) is 51.4 Å². The summed E-state index contributed by atoms with van der Waals surface area (Å²) in [6, 6.07) is 16.1. The van der Waals surface area contributed by atoms with Crippen molar-refractivity contribution in [3.63, 3.8) is 0 Å². The third kappa shape index (κ3) is 6.15. The topological polar surface area (TPSA) is 50.8 Å². The Labute approximate surface area is 198 Å². The Hall–Kier alpha value is -2.37. The highest BCUT2D eigenvalue weighted by molar-refractivity contribution is 5.99. The molecule has 2 heterocycles. The van der Waals surface area contributed by atoms with Gasteiger partial charge in [0, 0.05) is 32.0 Å². The predicted molar refractivity (Wildman–Crippen MR) is 133 cm³/mol. The molecule has 2 aromatic rings. The Morgan fingerprint density at radius 1 is 1.18 bits per heavy atom. The van der Waals surface area contributed by atoms with E-state index in [1.807, 2.05) is 30.3 Å². The van der Waals surface area contributed by atoms with Crippen molar-refractivity contribution in [1.82, 2.24) is 4.90 Å². The second-order valence-corrected chi connectivity index (χ2v) is 9.79. The van der Waals surface area contributed by atoms with Gasteiger partial charge in [0.1, 0.15) is 5.75 Å². The maximum absolute atomic E-state index is 13.5. The first-order valence-electron chi connectivity index (χ1n) is 12.5. The van der Waals surface area contributed by atoms with E-state index >= 15 is 0 Å². The number of hydrogen-bond acceptors (Lipinski definition) is 4. The van der Waals surface area contributed by atoms with Gasteiger partial charge in [-0.15, -0.1) is 0 Å². The molecule has 5 nitrogen and oxygen atoms in total. The molecule has 0 bridgehead atoms. The highest BCUT2D eigenvalue weighted by Crippen LogP contribution is 2.36. The summed E-state index contributed by atoms with van der Waals surface area (Å²) in [5.74, 6) is 1.70. The van der Waals surface area contributed by atoms with E-state index in [1.54, 1.807) is 0 Å². The van der Waals surface area contributed by atoms with E-state index < -0.39 is 5.41 Å². The van der Waals surface area contributed by atoms with Gasteiger partial charge in [-0.05, 0) is 81.3 Å². The SMILES string of the molecule is Cc1cccc(C2(C(=O)Nc3ccc(OCCCN4CCC[C@@H](C)C4)cc3)CCOCC2)c1. The van der Waals surface area contributed by atoms with Crippen molar-refractivity contribution in [3.05, 3.63) is 59.7 Å². The average molecular weight is 451 g/mol. The molecule has 2 fully saturated rings. The van der Waals surface area contributed by atoms with Crippen LogP contribution in [0.25, 0.3) is 0 Å². The van der Waals surface area contributed by atoms with Crippen LogP contribution in [0.5, 0.6) is 5.75 Å². The lowest BCUT2D eigenvalue weighted by Gasteiger charge is -2.36. The number of hydrogen-bond donors (Lipinski definition) is 1. The molecule has 2 saturated heterocycles. The third-order valence-corrected chi connectivity index (χ3v) is 7.09. The molecule has 178 valence electrons. The molecule has 0 unspecified atom stereocenters. The van der Waals surface area contributed by atoms with Gasteiger partial charge in [0.25, 0.3) is 0 Å². The fourth-order valence-corrected chi connectivity index (χ4v) is 5.16. The maximum atomic E-state index is 13.5. The Bertz CT molecular complexity index is 906. The van der Waals surface area contributed by atoms with Crippen LogP contribution in [0.1, 0.15) is 50.2 Å². The van der Waals surface area contributed by atoms with Crippen LogP contribution in [0.3, 0.4) is 0 Å². The number of rotatable bonds is 8. The Balaban J connectivity index is 1.31. The highest BCUT2D eigenvalue weighted by atomic mass is 16.5. The number of anilines is 1. The van der Waals surface area contributed by atoms with Gasteiger partial charge in [-0.25, -0.2) is 0 Å². The Morgan fingerprint density at radius 3 is 2.70 bits per heavy atom. The molecule has 1 amide bonds. The van der Waals surface area contributed by atoms with Gasteiger partial charge in [0.15, 0.2) is 0 Å². The molecule has 0 aromatic heterocycles. The average Bonchev–Trinajstić information content (AvgIpc) is 2.83. The lowest BCUT2D eigenvalue weighted by atomic mass is 9.73. The molecule has 2 aliphatic rings. The van der Waals surface area contributed by atoms with Gasteiger partial charge in [0.2, 0.25) is 5.91 Å². The summed E-state index contributed by atoms with van der Waals surface area (Å²) < 4.78 is 11.5. The minimum absolute atomic E-state index is 0.0424. The van der Waals surface area contributed by atoms with Crippen molar-refractivity contribution >= 4 is 11.6 Å². The van der Waals surface area contributed by atoms with Crippen molar-refractivity contribution in [3.8, 4) is 5.75 Å². The van der Waals surface area contributed by atoms with Gasteiger partial charge in [-0.2, -0.15) is 0 Å². The van der Waals surface area contributed by atoms with E-state index in [4.69, 9.17) is 9.47 Å². The van der Waals surface area contributed by atoms with Gasteiger partial charge in [0.05, 0.1) is 12.0 Å². The Morgan fingerprint density at radius 2 is 1.97 bits per heavy atom. The number of nitrogens with one attached hydrogen (secondary N) is 1. The zero-order valence-corrected chi connectivity index (χ0v) is 20.1. The fourth-order valence-electron chi connectivity index (χ4n) is 5.16. The van der Waals surface area contributed by atoms with E-state index in [-0.39, 0.29) is 5.91 Å². The number of carbonyl (C=O) groups excluding carboxylic acids is 1. The zero-order valence-electron chi connectivity index (χ0n) is 20.1. The molecule has 2 aliphatic heterocycles. The van der Waals surface area contributed by atoms with Crippen LogP contribution in [0.4, 0.5) is 5.69 Å². The van der Waals surface area contributed by atoms with Crippen LogP contribution in [-0.2, 0) is 14.9 Å². The zero-order chi connectivity index (χ0) is 23.1. The third-order valence-electron chi connectivity index (χ3n) is 7.09. The molecule has 1 N–H and O–H groups in total. The first-order valence-corrected chi connectivity index (χ1v) is 12.5. The molecule has 2 aromatic carbocycles. The monoisotopic (exact) mass is 450 g/mol. The lowest BCUT2D eigenvalue weighted by molar-refractivity contribution is -0.125. The fraction of sp³-hybridized carbons (Fsp3) is 0.536. The van der Waals surface area contributed by atoms with E-state index in [0.717, 1.165) is 35.9 Å². The molecule has 4 rings (SSSR count). The molecule has 0 saturated carbocycles. The standard InChI is InChI=1S/C28H38N2O3/c1-22-6-3-8-24(20-22)28(13-18-32-19-14-28)27(31)29-25-9-11-26(12-10-25)33-17-5-16-30-15-4-7-23(2)21-30/h3,6,8-12,20,23H,4-5,7,13-19,21H2,1-2H3,(H,29,31)/t23-/m1/s1. The molecule has 0 aliphatic carbocycles. The number of piperidine rings is 1. The van der Waals surface area contributed by atoms with Crippen molar-refractivity contribution in [2.75, 3.05) is 44.8 Å². The van der Waals surface area contributed by atoms with Gasteiger partial charge < -0.3 is 19.7 Å². The number of benzene rings is 2. The summed E-state index contributed by atoms with van der Waals surface area (Å²) >= 11 is 0. The molecular weight excluding hydrogens is 412 g/mol. The van der Waals surface area contributed by atoms with Crippen molar-refractivity contribution < 1.29 is 14.3 Å². The minimum atomic E-state index is -0.550. The van der Waals surface area contributed by atoms with Crippen LogP contribution in [0.15, 0.2) is 48.5 Å². The van der Waals surface area contributed by atoms with Gasteiger partial charge in [-0.1, -0.05) is 36.8 Å². The number of carbonyl (C=O) groups is 1. The van der Waals surface area contributed by atoms with Crippen LogP contribution in [0.2, 0.25) is 0 Å². The summed E-state index contributed by atoms with van der Waals surface area (Å²) in [7, 11) is 0. The first kappa shape index (κ1) is 23.8. The number of likely N-dealkylation sites (tertiary alicyclic amines) is 1. The normalized spacial score (nSPS) is 20.8. The molecule has 0 radical (unpaired) electrons. The van der Waals surface area contributed by atoms with E-state index in [1.165, 1.54) is 31.5 Å². The molecule has 0 spiro atoms. The second kappa shape index (κ2) is 11.2. The van der Waals surface area contributed by atoms with Crippen LogP contribution in [0, 0.1) is 12.8 Å². The second-order valence-electron chi connectivity index (χ2n) is 9.79. The van der Waals surface area contributed by atoms with E-state index in [0.29, 0.717) is 32.7 Å². The maximum Gasteiger partial charge on any atom is 0.235 e. The van der Waals surface area contributed by atoms with Crippen molar-refractivity contribution in [1.29, 1.82) is 0 Å². The summed E-state index contributed by atoms with van der Waals surface area (Å²) in [6.07, 6.45) is 5.09. The number of aryl methyl sites for hydroxylation is 1. The van der Waals surface area contributed by atoms with Crippen LogP contribution < -0.4 is 10.1 Å². The van der Waals surface area contributed by atoms with E-state index in [2.05, 4.69) is 42.3 Å². The number of nitrogens with zero attached hydrogens (tertiary/aromatic N) is 1. The van der Waals surface area contributed by atoms with E-state index in [9.17, 15) is 4.79 Å². The summed E-state index contributed by atoms with van der Waals surface area (Å²) in [4.78, 5) is 16.0. The summed E-state index contributed by atoms with van der Waals surface area (Å²) in [5.41, 5.74) is 2.49. The highest BCUT2D eigenvalue weighted by Gasteiger charge is 2.41. The summed E-state index contributed by atoms with van der Waals surface area (Å²) in [6.45, 7) is 9.86. The number of amides is 1. The molecular formula is C28H38N2O3. The Kier molecular flexibility index (Phi) is 8.05. The smallest absolute Gasteiger partial charge is 0.235 e. The quantitative estimate of drug-likeness (QED) is 0.563. The van der Waals surface area contributed by atoms with Crippen LogP contribution >= 0.6 is 0 Å². The molecule has 1 atom stereocenters. The summed E-state index contributed by atoms with van der Waals surface area (Å²) in [5, 5.41) is 3.16. The molecule has 5 heteroatoms. The predicted octanol–water partition coefficient (Wildman–Crippen LogP) is 5.18. The van der Waals surface area contributed by atoms with Gasteiger partial charge in [-0.3, -0.25) is 4.79 Å². The molecule has 33 heavy (non-hydrogen) atoms.